The van der Waals surface area contributed by atoms with Crippen molar-refractivity contribution in [1.29, 1.82) is 0 Å². The third-order valence-electron chi connectivity index (χ3n) is 4.89. The Morgan fingerprint density at radius 2 is 2.16 bits per heavy atom. The average molecular weight is 357 g/mol. The molecule has 4 unspecified atom stereocenters. The maximum Gasteiger partial charge on any atom is 0.315 e. The van der Waals surface area contributed by atoms with Crippen LogP contribution in [-0.4, -0.2) is 35.8 Å². The van der Waals surface area contributed by atoms with Crippen LogP contribution in [0.25, 0.3) is 0 Å². The molecule has 1 aromatic rings. The normalized spacial score (nSPS) is 28.0. The van der Waals surface area contributed by atoms with E-state index in [4.69, 9.17) is 4.74 Å². The van der Waals surface area contributed by atoms with Gasteiger partial charge in [0, 0.05) is 31.8 Å². The van der Waals surface area contributed by atoms with Crippen LogP contribution in [0.4, 0.5) is 18.0 Å². The first-order valence-electron chi connectivity index (χ1n) is 8.46. The molecule has 2 saturated carbocycles. The number of carbonyl (C=O) groups excluding carboxylic acids is 1. The van der Waals surface area contributed by atoms with Crippen molar-refractivity contribution in [2.24, 2.45) is 11.8 Å². The first kappa shape index (κ1) is 17.8. The van der Waals surface area contributed by atoms with Gasteiger partial charge in [0.15, 0.2) is 6.61 Å². The zero-order chi connectivity index (χ0) is 18.0. The minimum atomic E-state index is -2.94. The second-order valence-corrected chi connectivity index (χ2v) is 6.95. The molecule has 1 aromatic heterocycles. The fraction of sp³-hybridized carbons (Fsp3) is 0.647. The summed E-state index contributed by atoms with van der Waals surface area (Å²) < 4.78 is 44.3. The highest BCUT2D eigenvalue weighted by Crippen LogP contribution is 2.48. The van der Waals surface area contributed by atoms with Crippen LogP contribution in [0.2, 0.25) is 0 Å². The molecule has 0 aromatic carbocycles. The molecule has 2 aliphatic rings. The topological polar surface area (TPSA) is 63.2 Å². The van der Waals surface area contributed by atoms with Gasteiger partial charge in [-0.05, 0) is 42.7 Å². The fourth-order valence-electron chi connectivity index (χ4n) is 3.50. The summed E-state index contributed by atoms with van der Waals surface area (Å²) in [6, 6.07) is 2.69. The van der Waals surface area contributed by atoms with Gasteiger partial charge >= 0.3 is 6.03 Å². The minimum Gasteiger partial charge on any atom is -0.471 e. The Labute approximate surface area is 144 Å². The maximum atomic E-state index is 13.7. The highest BCUT2D eigenvalue weighted by atomic mass is 19.3. The number of urea groups is 1. The monoisotopic (exact) mass is 357 g/mol. The number of pyridine rings is 1. The molecule has 3 rings (SSSR count). The van der Waals surface area contributed by atoms with E-state index in [2.05, 4.69) is 15.6 Å². The average Bonchev–Trinajstić information content (AvgIpc) is 2.70. The number of fused-ring (bicyclic) bond motifs is 1. The Balaban J connectivity index is 1.46. The highest BCUT2D eigenvalue weighted by molar-refractivity contribution is 5.74. The van der Waals surface area contributed by atoms with Crippen molar-refractivity contribution in [3.05, 3.63) is 23.9 Å². The van der Waals surface area contributed by atoms with E-state index in [9.17, 15) is 18.0 Å². The van der Waals surface area contributed by atoms with E-state index in [0.717, 1.165) is 19.8 Å². The molecule has 4 atom stereocenters. The van der Waals surface area contributed by atoms with Crippen molar-refractivity contribution in [3.8, 4) is 5.88 Å². The summed E-state index contributed by atoms with van der Waals surface area (Å²) in [5.41, 5.74) is 0.677. The van der Waals surface area contributed by atoms with Crippen molar-refractivity contribution < 1.29 is 22.7 Å². The number of carbonyl (C=O) groups is 1. The van der Waals surface area contributed by atoms with Gasteiger partial charge in [-0.1, -0.05) is 0 Å². The van der Waals surface area contributed by atoms with Crippen LogP contribution in [0.1, 0.15) is 31.7 Å². The summed E-state index contributed by atoms with van der Waals surface area (Å²) in [6.07, 6.45) is 2.86. The third-order valence-corrected chi connectivity index (χ3v) is 4.89. The molecule has 138 valence electrons. The standard InChI is InChI=1S/C17H22F3N3O2/c1-17(19,20)9-25-15-6-10(4-5-21-15)8-22-16(24)23-14-7-13(18)11-2-3-12(11)14/h4-6,11-14H,2-3,7-9H2,1H3,(H2,22,23,24). The number of hydrogen-bond donors (Lipinski definition) is 2. The number of nitrogens with zero attached hydrogens (tertiary/aromatic N) is 1. The van der Waals surface area contributed by atoms with Crippen LogP contribution >= 0.6 is 0 Å². The smallest absolute Gasteiger partial charge is 0.315 e. The Bertz CT molecular complexity index is 623. The largest absolute Gasteiger partial charge is 0.471 e. The highest BCUT2D eigenvalue weighted by Gasteiger charge is 2.49. The van der Waals surface area contributed by atoms with Crippen LogP contribution in [-0.2, 0) is 6.54 Å². The van der Waals surface area contributed by atoms with Gasteiger partial charge in [0.2, 0.25) is 5.88 Å². The van der Waals surface area contributed by atoms with E-state index in [0.29, 0.717) is 12.0 Å². The molecule has 2 fully saturated rings. The molecule has 25 heavy (non-hydrogen) atoms. The molecule has 0 spiro atoms. The Kier molecular flexibility index (Phi) is 5.06. The molecule has 8 heteroatoms. The first-order valence-corrected chi connectivity index (χ1v) is 8.46. The quantitative estimate of drug-likeness (QED) is 0.823. The number of ether oxygens (including phenoxy) is 1. The summed E-state index contributed by atoms with van der Waals surface area (Å²) >= 11 is 0. The van der Waals surface area contributed by atoms with Crippen molar-refractivity contribution in [2.45, 2.75) is 50.9 Å². The zero-order valence-electron chi connectivity index (χ0n) is 14.0. The molecule has 5 nitrogen and oxygen atoms in total. The summed E-state index contributed by atoms with van der Waals surface area (Å²) in [4.78, 5) is 15.9. The lowest BCUT2D eigenvalue weighted by molar-refractivity contribution is -0.0242. The van der Waals surface area contributed by atoms with Crippen LogP contribution < -0.4 is 15.4 Å². The molecular formula is C17H22F3N3O2. The van der Waals surface area contributed by atoms with Crippen LogP contribution in [0.3, 0.4) is 0 Å². The third kappa shape index (κ3) is 4.55. The SMILES string of the molecule is CC(F)(F)COc1cc(CNC(=O)NC2CC(F)C3CCC23)ccn1. The maximum absolute atomic E-state index is 13.7. The lowest BCUT2D eigenvalue weighted by Gasteiger charge is -2.34. The van der Waals surface area contributed by atoms with Gasteiger partial charge in [0.1, 0.15) is 6.17 Å². The number of hydrogen-bond acceptors (Lipinski definition) is 3. The van der Waals surface area contributed by atoms with Gasteiger partial charge in [-0.2, -0.15) is 0 Å². The van der Waals surface area contributed by atoms with E-state index in [1.54, 1.807) is 6.07 Å². The molecule has 2 N–H and O–H groups in total. The van der Waals surface area contributed by atoms with Gasteiger partial charge in [-0.15, -0.1) is 0 Å². The number of nitrogens with one attached hydrogen (secondary N) is 2. The Morgan fingerprint density at radius 1 is 1.40 bits per heavy atom. The number of amides is 2. The second-order valence-electron chi connectivity index (χ2n) is 6.95. The van der Waals surface area contributed by atoms with E-state index < -0.39 is 18.7 Å². The van der Waals surface area contributed by atoms with Gasteiger partial charge in [-0.3, -0.25) is 0 Å². The predicted octanol–water partition coefficient (Wildman–Crippen LogP) is 3.05. The Morgan fingerprint density at radius 3 is 2.80 bits per heavy atom. The van der Waals surface area contributed by atoms with Crippen LogP contribution in [0, 0.1) is 11.8 Å². The van der Waals surface area contributed by atoms with Crippen LogP contribution in [0.15, 0.2) is 18.3 Å². The predicted molar refractivity (Wildman–Crippen MR) is 85.2 cm³/mol. The molecule has 0 aliphatic heterocycles. The molecule has 2 aliphatic carbocycles. The summed E-state index contributed by atoms with van der Waals surface area (Å²) in [6.45, 7) is 0.208. The van der Waals surface area contributed by atoms with Crippen molar-refractivity contribution >= 4 is 6.03 Å². The molecule has 0 bridgehead atoms. The summed E-state index contributed by atoms with van der Waals surface area (Å²) in [7, 11) is 0. The minimum absolute atomic E-state index is 0.0783. The van der Waals surface area contributed by atoms with E-state index in [1.165, 1.54) is 12.3 Å². The lowest BCUT2D eigenvalue weighted by atomic mass is 9.74. The Hall–Kier alpha value is -1.99. The van der Waals surface area contributed by atoms with E-state index >= 15 is 0 Å². The molecule has 0 radical (unpaired) electrons. The van der Waals surface area contributed by atoms with Crippen molar-refractivity contribution in [3.63, 3.8) is 0 Å². The van der Waals surface area contributed by atoms with Crippen LogP contribution in [0.5, 0.6) is 5.88 Å². The summed E-state index contributed by atoms with van der Waals surface area (Å²) in [5, 5.41) is 5.53. The summed E-state index contributed by atoms with van der Waals surface area (Å²) in [5.74, 6) is -2.51. The van der Waals surface area contributed by atoms with Gasteiger partial charge in [0.25, 0.3) is 5.92 Å². The lowest BCUT2D eigenvalue weighted by Crippen LogP contribution is -2.46. The number of alkyl halides is 3. The van der Waals surface area contributed by atoms with Gasteiger partial charge < -0.3 is 15.4 Å². The van der Waals surface area contributed by atoms with E-state index in [-0.39, 0.29) is 36.3 Å². The molecule has 2 amide bonds. The van der Waals surface area contributed by atoms with Gasteiger partial charge in [0.05, 0.1) is 0 Å². The zero-order valence-corrected chi connectivity index (χ0v) is 14.0. The van der Waals surface area contributed by atoms with Gasteiger partial charge in [-0.25, -0.2) is 22.9 Å². The van der Waals surface area contributed by atoms with E-state index in [1.807, 2.05) is 0 Å². The second kappa shape index (κ2) is 7.09. The molecular weight excluding hydrogens is 335 g/mol. The fourth-order valence-corrected chi connectivity index (χ4v) is 3.50. The van der Waals surface area contributed by atoms with Crippen molar-refractivity contribution in [2.75, 3.05) is 6.61 Å². The first-order chi connectivity index (χ1) is 11.8. The van der Waals surface area contributed by atoms with Crippen molar-refractivity contribution in [1.82, 2.24) is 15.6 Å². The number of aromatic nitrogens is 1. The molecule has 1 heterocycles. The molecule has 0 saturated heterocycles. The number of halogens is 3. The number of rotatable bonds is 6.